The molecule has 7 nitrogen and oxygen atoms in total. The predicted octanol–water partition coefficient (Wildman–Crippen LogP) is 2.73. The summed E-state index contributed by atoms with van der Waals surface area (Å²) in [6.07, 6.45) is 5.79. The zero-order chi connectivity index (χ0) is 21.8. The van der Waals surface area contributed by atoms with Gasteiger partial charge < -0.3 is 28.9 Å². The van der Waals surface area contributed by atoms with E-state index in [1.807, 2.05) is 47.6 Å². The number of ether oxygens (including phenoxy) is 2. The first-order valence-corrected chi connectivity index (χ1v) is 10.9. The molecule has 0 radical (unpaired) electrons. The molecule has 0 unspecified atom stereocenters. The molecule has 2 aliphatic heterocycles. The van der Waals surface area contributed by atoms with Gasteiger partial charge in [-0.25, -0.2) is 9.37 Å². The van der Waals surface area contributed by atoms with Gasteiger partial charge in [0.1, 0.15) is 5.82 Å². The molecule has 31 heavy (non-hydrogen) atoms. The molecule has 0 bridgehead atoms. The highest BCUT2D eigenvalue weighted by Crippen LogP contribution is 2.48. The van der Waals surface area contributed by atoms with Crippen molar-refractivity contribution in [2.75, 3.05) is 56.8 Å². The first-order valence-electron chi connectivity index (χ1n) is 10.9. The SMILES string of the molecule is CN(C)c1cc(N2CC(C)(CO)C2)c(F)cc1-c1cn(CC2OCC3(CC3)CO2)cn1. The Kier molecular flexibility index (Phi) is 4.99. The van der Waals surface area contributed by atoms with Crippen LogP contribution >= 0.6 is 0 Å². The second-order valence-electron chi connectivity index (χ2n) is 10.0. The van der Waals surface area contributed by atoms with Crippen LogP contribution in [-0.2, 0) is 16.0 Å². The van der Waals surface area contributed by atoms with E-state index in [1.165, 1.54) is 12.8 Å². The lowest BCUT2D eigenvalue weighted by molar-refractivity contribution is -0.212. The highest BCUT2D eigenvalue weighted by Gasteiger charge is 2.47. The molecule has 1 aromatic carbocycles. The van der Waals surface area contributed by atoms with Crippen LogP contribution in [0.4, 0.5) is 15.8 Å². The van der Waals surface area contributed by atoms with Crippen molar-refractivity contribution in [1.29, 1.82) is 0 Å². The summed E-state index contributed by atoms with van der Waals surface area (Å²) in [6, 6.07) is 3.44. The molecule has 5 rings (SSSR count). The van der Waals surface area contributed by atoms with Gasteiger partial charge in [0, 0.05) is 55.5 Å². The summed E-state index contributed by atoms with van der Waals surface area (Å²) in [7, 11) is 3.89. The Morgan fingerprint density at radius 2 is 1.94 bits per heavy atom. The van der Waals surface area contributed by atoms with Crippen LogP contribution in [0.1, 0.15) is 19.8 Å². The third-order valence-corrected chi connectivity index (χ3v) is 6.79. The first-order chi connectivity index (χ1) is 14.8. The lowest BCUT2D eigenvalue weighted by atomic mass is 9.82. The molecule has 0 amide bonds. The van der Waals surface area contributed by atoms with Gasteiger partial charge in [0.2, 0.25) is 0 Å². The Labute approximate surface area is 182 Å². The topological polar surface area (TPSA) is 63.0 Å². The average Bonchev–Trinajstić information content (AvgIpc) is 3.32. The van der Waals surface area contributed by atoms with Gasteiger partial charge in [0.25, 0.3) is 0 Å². The van der Waals surface area contributed by atoms with Crippen molar-refractivity contribution < 1.29 is 19.0 Å². The number of halogens is 1. The van der Waals surface area contributed by atoms with E-state index in [0.717, 1.165) is 24.5 Å². The predicted molar refractivity (Wildman–Crippen MR) is 117 cm³/mol. The molecule has 2 saturated heterocycles. The minimum atomic E-state index is -0.274. The number of rotatable bonds is 6. The number of hydrogen-bond donors (Lipinski definition) is 1. The van der Waals surface area contributed by atoms with Crippen molar-refractivity contribution in [1.82, 2.24) is 9.55 Å². The molecular weight excluding hydrogens is 399 g/mol. The summed E-state index contributed by atoms with van der Waals surface area (Å²) < 4.78 is 28.8. The number of hydrogen-bond acceptors (Lipinski definition) is 6. The van der Waals surface area contributed by atoms with Crippen LogP contribution < -0.4 is 9.80 Å². The molecule has 3 heterocycles. The smallest absolute Gasteiger partial charge is 0.175 e. The summed E-state index contributed by atoms with van der Waals surface area (Å²) in [5.74, 6) is -0.274. The number of aliphatic hydroxyl groups excluding tert-OH is 1. The minimum Gasteiger partial charge on any atom is -0.396 e. The van der Waals surface area contributed by atoms with E-state index in [4.69, 9.17) is 9.47 Å². The molecule has 1 saturated carbocycles. The Hall–Kier alpha value is -2.16. The van der Waals surface area contributed by atoms with Crippen LogP contribution in [0.25, 0.3) is 11.3 Å². The molecule has 2 aromatic rings. The number of anilines is 2. The molecule has 168 valence electrons. The quantitative estimate of drug-likeness (QED) is 0.761. The zero-order valence-electron chi connectivity index (χ0n) is 18.5. The molecule has 1 spiro atoms. The minimum absolute atomic E-state index is 0.108. The monoisotopic (exact) mass is 430 g/mol. The van der Waals surface area contributed by atoms with Crippen LogP contribution in [0.2, 0.25) is 0 Å². The van der Waals surface area contributed by atoms with Crippen LogP contribution in [0.15, 0.2) is 24.7 Å². The fraction of sp³-hybridized carbons (Fsp3) is 0.609. The summed E-state index contributed by atoms with van der Waals surface area (Å²) in [5, 5.41) is 9.51. The maximum atomic E-state index is 15.1. The first kappa shape index (κ1) is 20.7. The van der Waals surface area contributed by atoms with Crippen molar-refractivity contribution in [3.8, 4) is 11.3 Å². The van der Waals surface area contributed by atoms with E-state index in [2.05, 4.69) is 4.98 Å². The summed E-state index contributed by atoms with van der Waals surface area (Å²) in [6.45, 7) is 5.50. The Morgan fingerprint density at radius 3 is 2.55 bits per heavy atom. The van der Waals surface area contributed by atoms with E-state index < -0.39 is 0 Å². The highest BCUT2D eigenvalue weighted by molar-refractivity contribution is 5.80. The summed E-state index contributed by atoms with van der Waals surface area (Å²) in [5.41, 5.74) is 3.05. The van der Waals surface area contributed by atoms with Crippen molar-refractivity contribution in [3.05, 3.63) is 30.5 Å². The normalized spacial score (nSPS) is 21.9. The number of aromatic nitrogens is 2. The molecule has 3 fully saturated rings. The average molecular weight is 431 g/mol. The second-order valence-corrected chi connectivity index (χ2v) is 10.0. The van der Waals surface area contributed by atoms with Gasteiger partial charge in [-0.15, -0.1) is 0 Å². The van der Waals surface area contributed by atoms with Gasteiger partial charge in [-0.3, -0.25) is 0 Å². The Morgan fingerprint density at radius 1 is 1.23 bits per heavy atom. The lowest BCUT2D eigenvalue weighted by Crippen LogP contribution is -2.57. The maximum Gasteiger partial charge on any atom is 0.175 e. The lowest BCUT2D eigenvalue weighted by Gasteiger charge is -2.48. The molecule has 8 heteroatoms. The fourth-order valence-electron chi connectivity index (χ4n) is 4.49. The van der Waals surface area contributed by atoms with E-state index in [0.29, 0.717) is 31.0 Å². The Bertz CT molecular complexity index is 956. The van der Waals surface area contributed by atoms with Gasteiger partial charge in [-0.05, 0) is 25.0 Å². The van der Waals surface area contributed by atoms with Gasteiger partial charge in [-0.1, -0.05) is 6.92 Å². The van der Waals surface area contributed by atoms with Crippen molar-refractivity contribution in [3.63, 3.8) is 0 Å². The highest BCUT2D eigenvalue weighted by atomic mass is 19.1. The molecule has 0 atom stereocenters. The number of nitrogens with zero attached hydrogens (tertiary/aromatic N) is 4. The summed E-state index contributed by atoms with van der Waals surface area (Å²) in [4.78, 5) is 8.49. The van der Waals surface area contributed by atoms with E-state index in [1.54, 1.807) is 12.4 Å². The van der Waals surface area contributed by atoms with Crippen LogP contribution in [-0.4, -0.2) is 68.0 Å². The van der Waals surface area contributed by atoms with Gasteiger partial charge in [0.15, 0.2) is 6.29 Å². The molecule has 3 aliphatic rings. The second kappa shape index (κ2) is 7.46. The third-order valence-electron chi connectivity index (χ3n) is 6.79. The number of aliphatic hydroxyl groups is 1. The van der Waals surface area contributed by atoms with Gasteiger partial charge >= 0.3 is 0 Å². The van der Waals surface area contributed by atoms with E-state index in [9.17, 15) is 5.11 Å². The third kappa shape index (κ3) is 3.92. The number of benzene rings is 1. The van der Waals surface area contributed by atoms with Crippen molar-refractivity contribution in [2.24, 2.45) is 10.8 Å². The van der Waals surface area contributed by atoms with Crippen LogP contribution in [0, 0.1) is 16.6 Å². The van der Waals surface area contributed by atoms with Crippen molar-refractivity contribution in [2.45, 2.75) is 32.6 Å². The van der Waals surface area contributed by atoms with E-state index in [-0.39, 0.29) is 29.5 Å². The molecule has 1 aromatic heterocycles. The van der Waals surface area contributed by atoms with Crippen LogP contribution in [0.5, 0.6) is 0 Å². The standard InChI is InChI=1S/C23H31FN4O3/c1-22(12-29)10-28(11-22)20-7-19(26(2)3)16(6-17(20)24)18-8-27(15-25-18)9-21-30-13-23(4-5-23)14-31-21/h6-8,15,21,29H,4-5,9-14H2,1-3H3. The maximum absolute atomic E-state index is 15.1. The van der Waals surface area contributed by atoms with E-state index >= 15 is 4.39 Å². The molecular formula is C23H31FN4O3. The fourth-order valence-corrected chi connectivity index (χ4v) is 4.49. The van der Waals surface area contributed by atoms with Crippen molar-refractivity contribution >= 4 is 11.4 Å². The van der Waals surface area contributed by atoms with Gasteiger partial charge in [-0.2, -0.15) is 0 Å². The largest absolute Gasteiger partial charge is 0.396 e. The zero-order valence-corrected chi connectivity index (χ0v) is 18.5. The number of imidazole rings is 1. The van der Waals surface area contributed by atoms with Crippen LogP contribution in [0.3, 0.4) is 0 Å². The molecule has 1 N–H and O–H groups in total. The molecule has 1 aliphatic carbocycles. The summed E-state index contributed by atoms with van der Waals surface area (Å²) >= 11 is 0. The van der Waals surface area contributed by atoms with Gasteiger partial charge in [0.05, 0.1) is 44.1 Å². The Balaban J connectivity index is 1.34.